The normalized spacial score (nSPS) is 28.4. The van der Waals surface area contributed by atoms with Gasteiger partial charge in [0.15, 0.2) is 0 Å². The summed E-state index contributed by atoms with van der Waals surface area (Å²) < 4.78 is 0. The molecular formula is C20H28N2O4. The number of rotatable bonds is 4. The molecule has 2 atom stereocenters. The van der Waals surface area contributed by atoms with Crippen molar-refractivity contribution in [2.45, 2.75) is 38.7 Å². The van der Waals surface area contributed by atoms with E-state index in [9.17, 15) is 19.8 Å². The van der Waals surface area contributed by atoms with Gasteiger partial charge in [-0.2, -0.15) is 0 Å². The van der Waals surface area contributed by atoms with Crippen LogP contribution in [0.15, 0.2) is 30.3 Å². The van der Waals surface area contributed by atoms with E-state index in [2.05, 4.69) is 12.1 Å². The molecular weight excluding hydrogens is 332 g/mol. The van der Waals surface area contributed by atoms with Crippen LogP contribution in [0.5, 0.6) is 0 Å². The van der Waals surface area contributed by atoms with E-state index in [-0.39, 0.29) is 24.9 Å². The van der Waals surface area contributed by atoms with Gasteiger partial charge in [0.05, 0.1) is 12.1 Å². The summed E-state index contributed by atoms with van der Waals surface area (Å²) in [5.41, 5.74) is -0.460. The van der Waals surface area contributed by atoms with E-state index in [1.54, 1.807) is 4.90 Å². The molecule has 2 N–H and O–H groups in total. The van der Waals surface area contributed by atoms with Gasteiger partial charge in [0, 0.05) is 31.5 Å². The maximum atomic E-state index is 12.5. The minimum absolute atomic E-state index is 0.0795. The molecule has 0 spiro atoms. The van der Waals surface area contributed by atoms with Crippen molar-refractivity contribution in [1.82, 2.24) is 9.80 Å². The number of nitrogens with zero attached hydrogens (tertiary/aromatic N) is 2. The fraction of sp³-hybridized carbons (Fsp3) is 0.600. The van der Waals surface area contributed by atoms with Crippen LogP contribution in [0.4, 0.5) is 4.79 Å². The van der Waals surface area contributed by atoms with Gasteiger partial charge in [-0.25, -0.2) is 4.79 Å². The zero-order chi connectivity index (χ0) is 18.9. The highest BCUT2D eigenvalue weighted by molar-refractivity contribution is 5.78. The number of carbonyl (C=O) groups is 2. The number of hydrogen-bond donors (Lipinski definition) is 2. The third-order valence-electron chi connectivity index (χ3n) is 6.03. The molecule has 2 fully saturated rings. The molecule has 2 unspecified atom stereocenters. The van der Waals surface area contributed by atoms with Crippen LogP contribution in [0.1, 0.15) is 32.3 Å². The van der Waals surface area contributed by atoms with Gasteiger partial charge in [0.2, 0.25) is 5.91 Å². The van der Waals surface area contributed by atoms with E-state index in [0.717, 1.165) is 6.42 Å². The number of benzene rings is 1. The smallest absolute Gasteiger partial charge is 0.407 e. The molecule has 0 saturated carbocycles. The van der Waals surface area contributed by atoms with Gasteiger partial charge in [0.1, 0.15) is 0 Å². The topological polar surface area (TPSA) is 81.1 Å². The first kappa shape index (κ1) is 18.7. The zero-order valence-corrected chi connectivity index (χ0v) is 15.5. The molecule has 0 aliphatic carbocycles. The molecule has 0 bridgehead atoms. The van der Waals surface area contributed by atoms with Crippen LogP contribution in [0.3, 0.4) is 0 Å². The monoisotopic (exact) mass is 360 g/mol. The Hall–Kier alpha value is -2.08. The predicted octanol–water partition coefficient (Wildman–Crippen LogP) is 2.22. The lowest BCUT2D eigenvalue weighted by Gasteiger charge is -2.50. The average molecular weight is 360 g/mol. The molecule has 2 amide bonds. The molecule has 2 aliphatic heterocycles. The van der Waals surface area contributed by atoms with Gasteiger partial charge < -0.3 is 20.0 Å². The highest BCUT2D eigenvalue weighted by atomic mass is 16.4. The molecule has 26 heavy (non-hydrogen) atoms. The minimum atomic E-state index is -1.07. The van der Waals surface area contributed by atoms with E-state index in [1.165, 1.54) is 10.5 Å². The lowest BCUT2D eigenvalue weighted by atomic mass is 9.69. The highest BCUT2D eigenvalue weighted by Crippen LogP contribution is 2.40. The molecule has 0 aromatic heterocycles. The number of aliphatic hydroxyl groups is 1. The Morgan fingerprint density at radius 1 is 1.27 bits per heavy atom. The second-order valence-corrected chi connectivity index (χ2v) is 8.40. The predicted molar refractivity (Wildman–Crippen MR) is 97.8 cm³/mol. The van der Waals surface area contributed by atoms with Gasteiger partial charge in [-0.3, -0.25) is 4.79 Å². The fourth-order valence-corrected chi connectivity index (χ4v) is 4.22. The zero-order valence-electron chi connectivity index (χ0n) is 15.5. The molecule has 3 rings (SSSR count). The van der Waals surface area contributed by atoms with E-state index >= 15 is 0 Å². The van der Waals surface area contributed by atoms with Crippen LogP contribution < -0.4 is 0 Å². The van der Waals surface area contributed by atoms with Gasteiger partial charge in [-0.1, -0.05) is 44.2 Å². The van der Waals surface area contributed by atoms with Crippen molar-refractivity contribution < 1.29 is 19.8 Å². The van der Waals surface area contributed by atoms with Gasteiger partial charge in [-0.15, -0.1) is 0 Å². The van der Waals surface area contributed by atoms with Crippen molar-refractivity contribution in [3.8, 4) is 0 Å². The van der Waals surface area contributed by atoms with Crippen molar-refractivity contribution in [2.24, 2.45) is 11.3 Å². The molecule has 2 heterocycles. The molecule has 2 aliphatic rings. The van der Waals surface area contributed by atoms with Crippen molar-refractivity contribution in [1.29, 1.82) is 0 Å². The number of piperidine rings is 1. The SMILES string of the molecule is CC1(C)CN(C(=O)O)CCC1(O)CN1CC(Cc2ccccc2)CC1=O. The number of carboxylic acid groups (broad SMARTS) is 1. The Kier molecular flexibility index (Phi) is 4.97. The van der Waals surface area contributed by atoms with E-state index in [1.807, 2.05) is 32.0 Å². The Bertz CT molecular complexity index is 676. The molecule has 1 aromatic carbocycles. The molecule has 1 aromatic rings. The van der Waals surface area contributed by atoms with Gasteiger partial charge in [0.25, 0.3) is 0 Å². The number of hydrogen-bond acceptors (Lipinski definition) is 3. The molecule has 2 saturated heterocycles. The number of β-amino-alcohol motifs (C(OH)–C–C–N with tert-alkyl or cyclic N) is 1. The van der Waals surface area contributed by atoms with Crippen molar-refractivity contribution in [3.63, 3.8) is 0 Å². The van der Waals surface area contributed by atoms with E-state index in [4.69, 9.17) is 0 Å². The summed E-state index contributed by atoms with van der Waals surface area (Å²) in [6.45, 7) is 5.25. The molecule has 6 nitrogen and oxygen atoms in total. The Morgan fingerprint density at radius 3 is 2.58 bits per heavy atom. The largest absolute Gasteiger partial charge is 0.465 e. The third-order valence-corrected chi connectivity index (χ3v) is 6.03. The van der Waals surface area contributed by atoms with Crippen molar-refractivity contribution in [3.05, 3.63) is 35.9 Å². The van der Waals surface area contributed by atoms with Crippen molar-refractivity contribution in [2.75, 3.05) is 26.2 Å². The van der Waals surface area contributed by atoms with E-state index in [0.29, 0.717) is 25.9 Å². The third kappa shape index (κ3) is 3.70. The number of amides is 2. The summed E-state index contributed by atoms with van der Waals surface area (Å²) >= 11 is 0. The summed E-state index contributed by atoms with van der Waals surface area (Å²) in [6.07, 6.45) is 0.754. The number of likely N-dealkylation sites (tertiary alicyclic amines) is 2. The van der Waals surface area contributed by atoms with Crippen LogP contribution >= 0.6 is 0 Å². The van der Waals surface area contributed by atoms with Crippen LogP contribution in [-0.2, 0) is 11.2 Å². The molecule has 6 heteroatoms. The highest BCUT2D eigenvalue weighted by Gasteiger charge is 2.50. The first-order valence-corrected chi connectivity index (χ1v) is 9.22. The summed E-state index contributed by atoms with van der Waals surface area (Å²) in [7, 11) is 0. The average Bonchev–Trinajstić information content (AvgIpc) is 2.90. The second kappa shape index (κ2) is 6.91. The Morgan fingerprint density at radius 2 is 1.96 bits per heavy atom. The van der Waals surface area contributed by atoms with Crippen LogP contribution in [-0.4, -0.2) is 63.8 Å². The number of carbonyl (C=O) groups excluding carboxylic acids is 1. The standard InChI is InChI=1S/C20H28N2O4/c1-19(2)13-21(18(24)25)9-8-20(19,26)14-22-12-16(11-17(22)23)10-15-6-4-3-5-7-15/h3-7,16,26H,8-14H2,1-2H3,(H,24,25). The first-order chi connectivity index (χ1) is 12.2. The van der Waals surface area contributed by atoms with Crippen LogP contribution in [0.25, 0.3) is 0 Å². The summed E-state index contributed by atoms with van der Waals surface area (Å²) in [5, 5.41) is 20.5. The fourth-order valence-electron chi connectivity index (χ4n) is 4.22. The van der Waals surface area contributed by atoms with Crippen LogP contribution in [0.2, 0.25) is 0 Å². The minimum Gasteiger partial charge on any atom is -0.465 e. The maximum Gasteiger partial charge on any atom is 0.407 e. The summed E-state index contributed by atoms with van der Waals surface area (Å²) in [6, 6.07) is 10.1. The van der Waals surface area contributed by atoms with Gasteiger partial charge in [-0.05, 0) is 24.3 Å². The van der Waals surface area contributed by atoms with Crippen LogP contribution in [0, 0.1) is 11.3 Å². The second-order valence-electron chi connectivity index (χ2n) is 8.40. The Balaban J connectivity index is 1.64. The summed E-state index contributed by atoms with van der Waals surface area (Å²) in [5.74, 6) is 0.339. The molecule has 0 radical (unpaired) electrons. The lowest BCUT2D eigenvalue weighted by molar-refractivity contribution is -0.145. The first-order valence-electron chi connectivity index (χ1n) is 9.22. The summed E-state index contributed by atoms with van der Waals surface area (Å²) in [4.78, 5) is 26.8. The van der Waals surface area contributed by atoms with Crippen molar-refractivity contribution >= 4 is 12.0 Å². The van der Waals surface area contributed by atoms with Gasteiger partial charge >= 0.3 is 6.09 Å². The lowest BCUT2D eigenvalue weighted by Crippen LogP contribution is -2.62. The maximum absolute atomic E-state index is 12.5. The quantitative estimate of drug-likeness (QED) is 0.863. The Labute approximate surface area is 154 Å². The van der Waals surface area contributed by atoms with E-state index < -0.39 is 17.1 Å². The molecule has 142 valence electrons.